The van der Waals surface area contributed by atoms with Crippen LogP contribution in [-0.4, -0.2) is 20.7 Å². The summed E-state index contributed by atoms with van der Waals surface area (Å²) in [5.74, 6) is -0.864. The molecule has 0 fully saturated rings. The van der Waals surface area contributed by atoms with Crippen LogP contribution in [0.4, 0.5) is 17.6 Å². The lowest BCUT2D eigenvalue weighted by atomic mass is 10.1. The third-order valence-electron chi connectivity index (χ3n) is 4.34. The highest BCUT2D eigenvalue weighted by molar-refractivity contribution is 9.10. The van der Waals surface area contributed by atoms with Crippen molar-refractivity contribution in [2.24, 2.45) is 0 Å². The summed E-state index contributed by atoms with van der Waals surface area (Å²) in [6, 6.07) is 6.27. The van der Waals surface area contributed by atoms with Gasteiger partial charge < -0.3 is 5.32 Å². The fraction of sp³-hybridized carbons (Fsp3) is 0.250. The fourth-order valence-electron chi connectivity index (χ4n) is 2.90. The van der Waals surface area contributed by atoms with Gasteiger partial charge in [-0.25, -0.2) is 14.1 Å². The van der Waals surface area contributed by atoms with Crippen molar-refractivity contribution in [3.63, 3.8) is 0 Å². The van der Waals surface area contributed by atoms with Gasteiger partial charge >= 0.3 is 6.18 Å². The normalized spacial score (nSPS) is 11.7. The number of alkyl halides is 3. The van der Waals surface area contributed by atoms with E-state index in [1.54, 1.807) is 6.07 Å². The van der Waals surface area contributed by atoms with Crippen LogP contribution in [0.5, 0.6) is 0 Å². The fourth-order valence-corrected chi connectivity index (χ4v) is 3.29. The summed E-state index contributed by atoms with van der Waals surface area (Å²) in [7, 11) is 0. The quantitative estimate of drug-likeness (QED) is 0.503. The molecule has 0 saturated carbocycles. The molecule has 158 valence electrons. The first-order valence-electron chi connectivity index (χ1n) is 8.91. The monoisotopic (exact) mass is 484 g/mol. The lowest BCUT2D eigenvalue weighted by Gasteiger charge is -2.13. The lowest BCUT2D eigenvalue weighted by Crippen LogP contribution is -2.24. The summed E-state index contributed by atoms with van der Waals surface area (Å²) in [6.07, 6.45) is -2.43. The second kappa shape index (κ2) is 8.55. The first-order valence-corrected chi connectivity index (χ1v) is 9.71. The molecule has 0 spiro atoms. The Kier molecular flexibility index (Phi) is 6.25. The van der Waals surface area contributed by atoms with Crippen molar-refractivity contribution in [2.45, 2.75) is 32.5 Å². The number of carbonyl (C=O) groups excluding carboxylic acids is 1. The van der Waals surface area contributed by atoms with Crippen LogP contribution in [0.1, 0.15) is 46.9 Å². The van der Waals surface area contributed by atoms with E-state index in [1.807, 2.05) is 13.8 Å². The minimum Gasteiger partial charge on any atom is -0.348 e. The van der Waals surface area contributed by atoms with Gasteiger partial charge in [-0.2, -0.15) is 18.3 Å². The number of carbonyl (C=O) groups is 1. The number of rotatable bonds is 5. The van der Waals surface area contributed by atoms with E-state index in [1.165, 1.54) is 29.1 Å². The minimum atomic E-state index is -4.49. The van der Waals surface area contributed by atoms with Gasteiger partial charge in [0.1, 0.15) is 5.82 Å². The van der Waals surface area contributed by atoms with E-state index in [0.29, 0.717) is 15.7 Å². The first kappa shape index (κ1) is 21.9. The molecule has 5 nitrogen and oxygen atoms in total. The van der Waals surface area contributed by atoms with Crippen LogP contribution in [-0.2, 0) is 12.7 Å². The van der Waals surface area contributed by atoms with E-state index in [0.717, 1.165) is 12.3 Å². The molecule has 3 rings (SSSR count). The van der Waals surface area contributed by atoms with Crippen molar-refractivity contribution in [3.05, 3.63) is 75.4 Å². The maximum absolute atomic E-state index is 13.4. The van der Waals surface area contributed by atoms with Crippen LogP contribution in [0.15, 0.2) is 47.2 Å². The van der Waals surface area contributed by atoms with E-state index < -0.39 is 23.5 Å². The molecule has 0 aliphatic heterocycles. The highest BCUT2D eigenvalue weighted by Crippen LogP contribution is 2.29. The van der Waals surface area contributed by atoms with Crippen molar-refractivity contribution < 1.29 is 22.4 Å². The Bertz CT molecular complexity index is 1060. The van der Waals surface area contributed by atoms with Gasteiger partial charge in [-0.15, -0.1) is 0 Å². The molecule has 1 aromatic carbocycles. The van der Waals surface area contributed by atoms with Crippen LogP contribution in [0.25, 0.3) is 5.82 Å². The smallest absolute Gasteiger partial charge is 0.348 e. The number of aromatic nitrogens is 3. The van der Waals surface area contributed by atoms with Gasteiger partial charge in [0.25, 0.3) is 5.91 Å². The van der Waals surface area contributed by atoms with Crippen molar-refractivity contribution in [1.82, 2.24) is 20.1 Å². The molecular formula is C20H17BrF4N4O. The first-order chi connectivity index (χ1) is 14.1. The third-order valence-corrected chi connectivity index (χ3v) is 5.11. The van der Waals surface area contributed by atoms with Crippen LogP contribution < -0.4 is 5.32 Å². The predicted molar refractivity (Wildman–Crippen MR) is 106 cm³/mol. The number of amides is 1. The molecule has 2 heterocycles. The maximum Gasteiger partial charge on any atom is 0.417 e. The topological polar surface area (TPSA) is 59.8 Å². The molecule has 30 heavy (non-hydrogen) atoms. The zero-order valence-electron chi connectivity index (χ0n) is 16.0. The van der Waals surface area contributed by atoms with Gasteiger partial charge in [-0.3, -0.25) is 4.79 Å². The Balaban J connectivity index is 1.87. The maximum atomic E-state index is 13.4. The van der Waals surface area contributed by atoms with E-state index >= 15 is 0 Å². The zero-order chi connectivity index (χ0) is 22.1. The summed E-state index contributed by atoms with van der Waals surface area (Å²) in [5, 5.41) is 6.86. The highest BCUT2D eigenvalue weighted by atomic mass is 79.9. The summed E-state index contributed by atoms with van der Waals surface area (Å²) in [4.78, 5) is 16.6. The van der Waals surface area contributed by atoms with Gasteiger partial charge in [-0.1, -0.05) is 29.8 Å². The molecule has 0 radical (unpaired) electrons. The van der Waals surface area contributed by atoms with Gasteiger partial charge in [0, 0.05) is 17.2 Å². The minimum absolute atomic E-state index is 0.0818. The standard InChI is InChI=1S/C20H17BrF4N4O/c1-11(2)18-15(19(30)27-8-12-7-14(22)4-5-16(12)21)10-28-29(18)17-6-3-13(9-26-17)20(23,24)25/h3-7,9-11H,8H2,1-2H3,(H,27,30). The number of nitrogens with one attached hydrogen (secondary N) is 1. The largest absolute Gasteiger partial charge is 0.417 e. The number of benzene rings is 1. The summed E-state index contributed by atoms with van der Waals surface area (Å²) in [5.41, 5.74) is 0.451. The Hall–Kier alpha value is -2.75. The molecule has 0 aliphatic rings. The third kappa shape index (κ3) is 4.69. The number of halogens is 5. The Morgan fingerprint density at radius 2 is 1.93 bits per heavy atom. The molecule has 0 unspecified atom stereocenters. The second-order valence-electron chi connectivity index (χ2n) is 6.83. The molecule has 1 amide bonds. The number of pyridine rings is 1. The molecule has 3 aromatic rings. The second-order valence-corrected chi connectivity index (χ2v) is 7.69. The highest BCUT2D eigenvalue weighted by Gasteiger charge is 2.31. The Morgan fingerprint density at radius 3 is 2.53 bits per heavy atom. The van der Waals surface area contributed by atoms with Crippen molar-refractivity contribution in [3.8, 4) is 5.82 Å². The Labute approximate surface area is 178 Å². The van der Waals surface area contributed by atoms with E-state index in [9.17, 15) is 22.4 Å². The molecule has 10 heteroatoms. The SMILES string of the molecule is CC(C)c1c(C(=O)NCc2cc(F)ccc2Br)cnn1-c1ccc(C(F)(F)F)cn1. The van der Waals surface area contributed by atoms with Gasteiger partial charge in [0.15, 0.2) is 5.82 Å². The molecule has 2 aromatic heterocycles. The molecule has 0 atom stereocenters. The number of hydrogen-bond donors (Lipinski definition) is 1. The summed E-state index contributed by atoms with van der Waals surface area (Å²) in [6.45, 7) is 3.74. The van der Waals surface area contributed by atoms with Crippen LogP contribution in [0.2, 0.25) is 0 Å². The molecule has 0 saturated heterocycles. The molecule has 0 aliphatic carbocycles. The van der Waals surface area contributed by atoms with Gasteiger partial charge in [0.2, 0.25) is 0 Å². The van der Waals surface area contributed by atoms with Crippen molar-refractivity contribution in [1.29, 1.82) is 0 Å². The van der Waals surface area contributed by atoms with Crippen molar-refractivity contribution in [2.75, 3.05) is 0 Å². The Morgan fingerprint density at radius 1 is 1.20 bits per heavy atom. The molecule has 0 bridgehead atoms. The summed E-state index contributed by atoms with van der Waals surface area (Å²) >= 11 is 3.31. The van der Waals surface area contributed by atoms with E-state index in [4.69, 9.17) is 0 Å². The number of nitrogens with zero attached hydrogens (tertiary/aromatic N) is 3. The van der Waals surface area contributed by atoms with Crippen LogP contribution in [0.3, 0.4) is 0 Å². The average Bonchev–Trinajstić information content (AvgIpc) is 3.13. The number of hydrogen-bond acceptors (Lipinski definition) is 3. The van der Waals surface area contributed by atoms with Crippen LogP contribution in [0, 0.1) is 5.82 Å². The molecule has 1 N–H and O–H groups in total. The predicted octanol–water partition coefficient (Wildman–Crippen LogP) is 5.24. The zero-order valence-corrected chi connectivity index (χ0v) is 17.6. The van der Waals surface area contributed by atoms with Crippen LogP contribution >= 0.6 is 15.9 Å². The average molecular weight is 485 g/mol. The lowest BCUT2D eigenvalue weighted by molar-refractivity contribution is -0.137. The van der Waals surface area contributed by atoms with E-state index in [-0.39, 0.29) is 23.8 Å². The molecular weight excluding hydrogens is 468 g/mol. The van der Waals surface area contributed by atoms with Gasteiger partial charge in [0.05, 0.1) is 23.0 Å². The van der Waals surface area contributed by atoms with E-state index in [2.05, 4.69) is 31.3 Å². The van der Waals surface area contributed by atoms with Crippen molar-refractivity contribution >= 4 is 21.8 Å². The van der Waals surface area contributed by atoms with Gasteiger partial charge in [-0.05, 0) is 41.8 Å². The summed E-state index contributed by atoms with van der Waals surface area (Å²) < 4.78 is 53.8.